The van der Waals surface area contributed by atoms with Gasteiger partial charge in [0.1, 0.15) is 0 Å². The first kappa shape index (κ1) is 12.9. The van der Waals surface area contributed by atoms with Crippen LogP contribution < -0.4 is 4.74 Å². The number of rotatable bonds is 3. The second kappa shape index (κ2) is 5.51. The number of pyridine rings is 1. The van der Waals surface area contributed by atoms with Crippen LogP contribution in [0.15, 0.2) is 22.9 Å². The zero-order valence-electron chi connectivity index (χ0n) is 10.9. The summed E-state index contributed by atoms with van der Waals surface area (Å²) < 4.78 is 14.2. The highest BCUT2D eigenvalue weighted by Gasteiger charge is 2.20. The zero-order valence-corrected chi connectivity index (χ0v) is 12.5. The minimum atomic E-state index is 0.405. The third-order valence-corrected chi connectivity index (χ3v) is 3.81. The van der Waals surface area contributed by atoms with Crippen molar-refractivity contribution in [3.05, 3.63) is 28.6 Å². The molecule has 3 rings (SSSR count). The summed E-state index contributed by atoms with van der Waals surface area (Å²) in [4.78, 5) is 4.73. The van der Waals surface area contributed by atoms with E-state index in [1.807, 2.05) is 23.6 Å². The van der Waals surface area contributed by atoms with E-state index in [2.05, 4.69) is 22.1 Å². The number of hydrogen-bond acceptors (Lipinski definition) is 3. The van der Waals surface area contributed by atoms with Gasteiger partial charge in [0.15, 0.2) is 11.4 Å². The number of halogens is 1. The summed E-state index contributed by atoms with van der Waals surface area (Å²) in [5.74, 6) is 1.22. The number of ether oxygens (including phenoxy) is 2. The minimum absolute atomic E-state index is 0.405. The molecule has 3 heterocycles. The molecule has 19 heavy (non-hydrogen) atoms. The van der Waals surface area contributed by atoms with Gasteiger partial charge in [-0.15, -0.1) is 0 Å². The molecule has 1 aliphatic rings. The van der Waals surface area contributed by atoms with Gasteiger partial charge in [-0.1, -0.05) is 0 Å². The van der Waals surface area contributed by atoms with E-state index in [1.165, 1.54) is 0 Å². The quantitative estimate of drug-likeness (QED) is 0.868. The molecule has 4 nitrogen and oxygen atoms in total. The summed E-state index contributed by atoms with van der Waals surface area (Å²) >= 11 is 3.51. The first-order valence-corrected chi connectivity index (χ1v) is 7.46. The Morgan fingerprint density at radius 3 is 3.16 bits per heavy atom. The standard InChI is InChI=1S/C14H17BrN2O2/c1-2-19-13-6-11(15)7-17-8-12(16-14(13)17)10-4-3-5-18-9-10/h6-8,10H,2-5,9H2,1H3. The molecule has 2 aromatic rings. The SMILES string of the molecule is CCOc1cc(Br)cn2cc(C3CCCOC3)nc12. The van der Waals surface area contributed by atoms with Gasteiger partial charge in [0, 0.05) is 29.4 Å². The molecule has 0 saturated carbocycles. The van der Waals surface area contributed by atoms with E-state index in [0.29, 0.717) is 12.5 Å². The summed E-state index contributed by atoms with van der Waals surface area (Å²) in [6.45, 7) is 4.27. The molecule has 0 radical (unpaired) electrons. The molecule has 5 heteroatoms. The molecule has 2 aromatic heterocycles. The lowest BCUT2D eigenvalue weighted by Gasteiger charge is -2.19. The Morgan fingerprint density at radius 1 is 1.53 bits per heavy atom. The average molecular weight is 325 g/mol. The molecular weight excluding hydrogens is 308 g/mol. The second-order valence-electron chi connectivity index (χ2n) is 4.77. The van der Waals surface area contributed by atoms with Crippen LogP contribution in [0.25, 0.3) is 5.65 Å². The molecule has 1 fully saturated rings. The Balaban J connectivity index is 2.01. The molecule has 0 aliphatic carbocycles. The molecule has 0 bridgehead atoms. The molecule has 1 aliphatic heterocycles. The summed E-state index contributed by atoms with van der Waals surface area (Å²) in [6.07, 6.45) is 6.36. The van der Waals surface area contributed by atoms with Crippen LogP contribution in [0, 0.1) is 0 Å². The fourth-order valence-corrected chi connectivity index (χ4v) is 2.91. The van der Waals surface area contributed by atoms with Gasteiger partial charge in [0.25, 0.3) is 0 Å². The molecule has 102 valence electrons. The molecule has 1 saturated heterocycles. The van der Waals surface area contributed by atoms with Crippen molar-refractivity contribution in [1.82, 2.24) is 9.38 Å². The summed E-state index contributed by atoms with van der Waals surface area (Å²) in [7, 11) is 0. The average Bonchev–Trinajstić information content (AvgIpc) is 2.84. The van der Waals surface area contributed by atoms with Crippen molar-refractivity contribution >= 4 is 21.6 Å². The van der Waals surface area contributed by atoms with Crippen LogP contribution in [0.4, 0.5) is 0 Å². The normalized spacial score (nSPS) is 19.8. The van der Waals surface area contributed by atoms with Crippen LogP contribution in [0.2, 0.25) is 0 Å². The van der Waals surface area contributed by atoms with Gasteiger partial charge in [-0.2, -0.15) is 0 Å². The predicted octanol–water partition coefficient (Wildman–Crippen LogP) is 3.39. The van der Waals surface area contributed by atoms with Crippen LogP contribution in [-0.4, -0.2) is 29.2 Å². The van der Waals surface area contributed by atoms with Crippen LogP contribution in [0.1, 0.15) is 31.4 Å². The van der Waals surface area contributed by atoms with E-state index in [0.717, 1.165) is 47.6 Å². The second-order valence-corrected chi connectivity index (χ2v) is 5.68. The third-order valence-electron chi connectivity index (χ3n) is 3.38. The largest absolute Gasteiger partial charge is 0.490 e. The Bertz CT molecular complexity index is 576. The number of imidazole rings is 1. The fourth-order valence-electron chi connectivity index (χ4n) is 2.49. The van der Waals surface area contributed by atoms with Gasteiger partial charge in [-0.05, 0) is 41.8 Å². The molecule has 0 aromatic carbocycles. The molecule has 0 spiro atoms. The Morgan fingerprint density at radius 2 is 2.42 bits per heavy atom. The first-order chi connectivity index (χ1) is 9.28. The highest BCUT2D eigenvalue weighted by Crippen LogP contribution is 2.29. The summed E-state index contributed by atoms with van der Waals surface area (Å²) in [5.41, 5.74) is 1.98. The molecule has 0 amide bonds. The Labute approximate surface area is 120 Å². The topological polar surface area (TPSA) is 35.8 Å². The van der Waals surface area contributed by atoms with E-state index >= 15 is 0 Å². The Kier molecular flexibility index (Phi) is 3.75. The summed E-state index contributed by atoms with van der Waals surface area (Å²) in [6, 6.07) is 1.97. The van der Waals surface area contributed by atoms with Crippen molar-refractivity contribution in [2.24, 2.45) is 0 Å². The van der Waals surface area contributed by atoms with Crippen molar-refractivity contribution in [3.63, 3.8) is 0 Å². The van der Waals surface area contributed by atoms with E-state index in [9.17, 15) is 0 Å². The van der Waals surface area contributed by atoms with Crippen LogP contribution >= 0.6 is 15.9 Å². The van der Waals surface area contributed by atoms with Crippen LogP contribution in [-0.2, 0) is 4.74 Å². The van der Waals surface area contributed by atoms with Crippen molar-refractivity contribution in [2.75, 3.05) is 19.8 Å². The van der Waals surface area contributed by atoms with Gasteiger partial charge in [-0.25, -0.2) is 4.98 Å². The van der Waals surface area contributed by atoms with Crippen LogP contribution in [0.5, 0.6) is 5.75 Å². The smallest absolute Gasteiger partial charge is 0.180 e. The number of aromatic nitrogens is 2. The van der Waals surface area contributed by atoms with Crippen molar-refractivity contribution in [2.45, 2.75) is 25.7 Å². The van der Waals surface area contributed by atoms with Gasteiger partial charge in [-0.3, -0.25) is 0 Å². The van der Waals surface area contributed by atoms with Crippen LogP contribution in [0.3, 0.4) is 0 Å². The van der Waals surface area contributed by atoms with Crippen molar-refractivity contribution in [3.8, 4) is 5.75 Å². The highest BCUT2D eigenvalue weighted by atomic mass is 79.9. The van der Waals surface area contributed by atoms with E-state index in [1.54, 1.807) is 0 Å². The lowest BCUT2D eigenvalue weighted by atomic mass is 9.99. The predicted molar refractivity (Wildman–Crippen MR) is 76.9 cm³/mol. The lowest BCUT2D eigenvalue weighted by molar-refractivity contribution is 0.0794. The maximum Gasteiger partial charge on any atom is 0.180 e. The Hall–Kier alpha value is -1.07. The number of nitrogens with zero attached hydrogens (tertiary/aromatic N) is 2. The minimum Gasteiger partial charge on any atom is -0.490 e. The first-order valence-electron chi connectivity index (χ1n) is 6.66. The maximum atomic E-state index is 5.66. The lowest BCUT2D eigenvalue weighted by Crippen LogP contribution is -2.15. The highest BCUT2D eigenvalue weighted by molar-refractivity contribution is 9.10. The number of fused-ring (bicyclic) bond motifs is 1. The van der Waals surface area contributed by atoms with Crippen molar-refractivity contribution < 1.29 is 9.47 Å². The third kappa shape index (κ3) is 2.62. The zero-order chi connectivity index (χ0) is 13.2. The van der Waals surface area contributed by atoms with E-state index in [4.69, 9.17) is 14.5 Å². The van der Waals surface area contributed by atoms with Gasteiger partial charge in [0.2, 0.25) is 0 Å². The van der Waals surface area contributed by atoms with Crippen molar-refractivity contribution in [1.29, 1.82) is 0 Å². The van der Waals surface area contributed by atoms with Gasteiger partial charge < -0.3 is 13.9 Å². The molecular formula is C14H17BrN2O2. The monoisotopic (exact) mass is 324 g/mol. The molecule has 1 unspecified atom stereocenters. The van der Waals surface area contributed by atoms with E-state index in [-0.39, 0.29) is 0 Å². The molecule has 1 atom stereocenters. The van der Waals surface area contributed by atoms with Gasteiger partial charge >= 0.3 is 0 Å². The number of hydrogen-bond donors (Lipinski definition) is 0. The maximum absolute atomic E-state index is 5.66. The fraction of sp³-hybridized carbons (Fsp3) is 0.500. The van der Waals surface area contributed by atoms with Gasteiger partial charge in [0.05, 0.1) is 18.9 Å². The summed E-state index contributed by atoms with van der Waals surface area (Å²) in [5, 5.41) is 0. The van der Waals surface area contributed by atoms with E-state index < -0.39 is 0 Å². The molecule has 0 N–H and O–H groups in total.